The first-order valence-corrected chi connectivity index (χ1v) is 6.56. The Morgan fingerprint density at radius 1 is 1.35 bits per heavy atom. The monoisotopic (exact) mass is 332 g/mol. The largest absolute Gasteiger partial charge is 0.465 e. The third kappa shape index (κ3) is 3.31. The van der Waals surface area contributed by atoms with Crippen molar-refractivity contribution in [2.75, 3.05) is 6.61 Å². The van der Waals surface area contributed by atoms with Crippen LogP contribution in [0, 0.1) is 0 Å². The third-order valence-corrected chi connectivity index (χ3v) is 3.41. The van der Waals surface area contributed by atoms with E-state index in [4.69, 9.17) is 16.1 Å². The summed E-state index contributed by atoms with van der Waals surface area (Å²) >= 11 is 5.66. The van der Waals surface area contributed by atoms with Gasteiger partial charge in [0.05, 0.1) is 0 Å². The first-order valence-electron chi connectivity index (χ1n) is 5.08. The van der Waals surface area contributed by atoms with Gasteiger partial charge in [-0.2, -0.15) is 8.78 Å². The number of hydrogen-bond acceptors (Lipinski definition) is 4. The summed E-state index contributed by atoms with van der Waals surface area (Å²) in [5.41, 5.74) is 0.000435. The maximum absolute atomic E-state index is 12.7. The average molecular weight is 333 g/mol. The highest BCUT2D eigenvalue weighted by molar-refractivity contribution is 7.43. The maximum atomic E-state index is 12.7. The molecule has 0 fully saturated rings. The Balaban J connectivity index is 2.04. The molecular weight excluding hydrogens is 327 g/mol. The molecule has 0 saturated heterocycles. The molecule has 0 saturated carbocycles. The van der Waals surface area contributed by atoms with E-state index in [2.05, 4.69) is 9.05 Å². The molecule has 0 amide bonds. The predicted molar refractivity (Wildman–Crippen MR) is 61.3 cm³/mol. The lowest BCUT2D eigenvalue weighted by Gasteiger charge is -2.24. The summed E-state index contributed by atoms with van der Waals surface area (Å²) in [7, 11) is -2.50. The topological polar surface area (TPSA) is 44.8 Å². The van der Waals surface area contributed by atoms with Crippen LogP contribution in [-0.4, -0.2) is 24.9 Å². The van der Waals surface area contributed by atoms with E-state index in [0.717, 1.165) is 0 Å². The first kappa shape index (κ1) is 15.3. The van der Waals surface area contributed by atoms with Gasteiger partial charge < -0.3 is 9.05 Å². The SMILES string of the molecule is O=C1OP(OCC(F)(F)C(F)F)Oc2ccc(Cl)cc21. The number of fused-ring (bicyclic) bond motifs is 1. The normalized spacial score (nSPS) is 18.5. The number of hydrogen-bond donors (Lipinski definition) is 0. The second-order valence-corrected chi connectivity index (χ2v) is 5.18. The van der Waals surface area contributed by atoms with Crippen molar-refractivity contribution in [2.24, 2.45) is 0 Å². The van der Waals surface area contributed by atoms with Crippen LogP contribution in [0.2, 0.25) is 5.02 Å². The van der Waals surface area contributed by atoms with E-state index in [9.17, 15) is 22.4 Å². The second-order valence-electron chi connectivity index (χ2n) is 3.67. The zero-order valence-corrected chi connectivity index (χ0v) is 11.1. The number of carbonyl (C=O) groups excluding carboxylic acids is 1. The molecule has 0 bridgehead atoms. The summed E-state index contributed by atoms with van der Waals surface area (Å²) in [6.07, 6.45) is -3.89. The molecule has 0 N–H and O–H groups in total. The molecule has 0 aliphatic carbocycles. The molecule has 1 unspecified atom stereocenters. The Morgan fingerprint density at radius 3 is 2.70 bits per heavy atom. The van der Waals surface area contributed by atoms with Gasteiger partial charge in [0.2, 0.25) is 0 Å². The van der Waals surface area contributed by atoms with Crippen molar-refractivity contribution < 1.29 is 35.9 Å². The Kier molecular flexibility index (Phi) is 4.36. The number of rotatable bonds is 4. The van der Waals surface area contributed by atoms with Crippen molar-refractivity contribution in [3.8, 4) is 5.75 Å². The van der Waals surface area contributed by atoms with Crippen LogP contribution < -0.4 is 4.52 Å². The predicted octanol–water partition coefficient (Wildman–Crippen LogP) is 4.03. The molecule has 4 nitrogen and oxygen atoms in total. The molecule has 1 aromatic carbocycles. The van der Waals surface area contributed by atoms with Crippen LogP contribution in [0.3, 0.4) is 0 Å². The molecule has 10 heteroatoms. The molecule has 20 heavy (non-hydrogen) atoms. The van der Waals surface area contributed by atoms with Gasteiger partial charge in [-0.1, -0.05) is 11.6 Å². The summed E-state index contributed by atoms with van der Waals surface area (Å²) in [5, 5.41) is 0.251. The molecular formula is C10H6ClF4O4P. The summed E-state index contributed by atoms with van der Waals surface area (Å²) in [5.74, 6) is -5.21. The highest BCUT2D eigenvalue weighted by atomic mass is 35.5. The summed E-state index contributed by atoms with van der Waals surface area (Å²) in [6.45, 7) is -1.62. The number of benzene rings is 1. The highest BCUT2D eigenvalue weighted by Crippen LogP contribution is 2.48. The zero-order chi connectivity index (χ0) is 14.9. The quantitative estimate of drug-likeness (QED) is 0.617. The third-order valence-electron chi connectivity index (χ3n) is 2.17. The summed E-state index contributed by atoms with van der Waals surface area (Å²) < 4.78 is 63.2. The number of halogens is 5. The maximum Gasteiger partial charge on any atom is 0.465 e. The first-order chi connectivity index (χ1) is 9.29. The van der Waals surface area contributed by atoms with Crippen molar-refractivity contribution >= 4 is 26.2 Å². The van der Waals surface area contributed by atoms with Gasteiger partial charge in [0.15, 0.2) is 0 Å². The van der Waals surface area contributed by atoms with E-state index in [-0.39, 0.29) is 16.3 Å². The summed E-state index contributed by atoms with van der Waals surface area (Å²) in [4.78, 5) is 11.5. The van der Waals surface area contributed by atoms with Crippen LogP contribution in [0.1, 0.15) is 10.4 Å². The highest BCUT2D eigenvalue weighted by Gasteiger charge is 2.43. The fourth-order valence-corrected chi connectivity index (χ4v) is 2.36. The molecule has 1 atom stereocenters. The molecule has 0 aromatic heterocycles. The van der Waals surface area contributed by atoms with Gasteiger partial charge in [-0.15, -0.1) is 0 Å². The van der Waals surface area contributed by atoms with E-state index < -0.39 is 33.5 Å². The van der Waals surface area contributed by atoms with Crippen LogP contribution in [-0.2, 0) is 9.05 Å². The van der Waals surface area contributed by atoms with Gasteiger partial charge in [-0.05, 0) is 18.2 Å². The van der Waals surface area contributed by atoms with Gasteiger partial charge in [0, 0.05) is 5.02 Å². The van der Waals surface area contributed by atoms with Crippen LogP contribution in [0.15, 0.2) is 18.2 Å². The van der Waals surface area contributed by atoms with Gasteiger partial charge >= 0.3 is 26.9 Å². The average Bonchev–Trinajstić information content (AvgIpc) is 2.37. The fraction of sp³-hybridized carbons (Fsp3) is 0.300. The van der Waals surface area contributed by atoms with Crippen molar-refractivity contribution in [3.05, 3.63) is 28.8 Å². The van der Waals surface area contributed by atoms with Crippen LogP contribution in [0.5, 0.6) is 5.75 Å². The van der Waals surface area contributed by atoms with Gasteiger partial charge in [0.25, 0.3) is 0 Å². The number of alkyl halides is 4. The molecule has 1 aromatic rings. The van der Waals surface area contributed by atoms with Gasteiger partial charge in [-0.25, -0.2) is 13.6 Å². The van der Waals surface area contributed by atoms with Crippen molar-refractivity contribution in [2.45, 2.75) is 12.3 Å². The van der Waals surface area contributed by atoms with Crippen molar-refractivity contribution in [1.82, 2.24) is 0 Å². The van der Waals surface area contributed by atoms with Crippen LogP contribution in [0.25, 0.3) is 0 Å². The fourth-order valence-electron chi connectivity index (χ4n) is 1.21. The molecule has 0 spiro atoms. The molecule has 2 rings (SSSR count). The standard InChI is InChI=1S/C10H6ClF4O4P/c11-5-1-2-7-6(3-5)8(16)19-20(18-7)17-4-10(14,15)9(12)13/h1-3,9H,4H2. The lowest BCUT2D eigenvalue weighted by atomic mass is 10.2. The van der Waals surface area contributed by atoms with E-state index in [1.165, 1.54) is 18.2 Å². The van der Waals surface area contributed by atoms with Crippen LogP contribution >= 0.6 is 20.2 Å². The Labute approximate surface area is 116 Å². The minimum atomic E-state index is -4.35. The van der Waals surface area contributed by atoms with E-state index >= 15 is 0 Å². The molecule has 1 aliphatic heterocycles. The lowest BCUT2D eigenvalue weighted by Crippen LogP contribution is -2.32. The smallest absolute Gasteiger partial charge is 0.417 e. The molecule has 1 aliphatic rings. The minimum absolute atomic E-state index is 0.000435. The van der Waals surface area contributed by atoms with E-state index in [1.807, 2.05) is 0 Å². The Bertz CT molecular complexity index is 528. The second kappa shape index (κ2) is 5.71. The van der Waals surface area contributed by atoms with Gasteiger partial charge in [0.1, 0.15) is 17.9 Å². The van der Waals surface area contributed by atoms with Crippen molar-refractivity contribution in [3.63, 3.8) is 0 Å². The van der Waals surface area contributed by atoms with E-state index in [0.29, 0.717) is 0 Å². The van der Waals surface area contributed by atoms with Gasteiger partial charge in [-0.3, -0.25) is 4.52 Å². The lowest BCUT2D eigenvalue weighted by molar-refractivity contribution is -0.149. The van der Waals surface area contributed by atoms with Crippen LogP contribution in [0.4, 0.5) is 17.6 Å². The number of carbonyl (C=O) groups is 1. The molecule has 0 radical (unpaired) electrons. The zero-order valence-electron chi connectivity index (χ0n) is 9.49. The minimum Gasteiger partial charge on any atom is -0.417 e. The molecule has 110 valence electrons. The Morgan fingerprint density at radius 2 is 2.05 bits per heavy atom. The van der Waals surface area contributed by atoms with Crippen molar-refractivity contribution in [1.29, 1.82) is 0 Å². The Hall–Kier alpha value is -1.11. The molecule has 1 heterocycles. The summed E-state index contributed by atoms with van der Waals surface area (Å²) in [6, 6.07) is 3.99. The van der Waals surface area contributed by atoms with E-state index in [1.54, 1.807) is 0 Å².